The van der Waals surface area contributed by atoms with Gasteiger partial charge in [-0.25, -0.2) is 0 Å². The van der Waals surface area contributed by atoms with E-state index in [1.165, 1.54) is 0 Å². The molecular weight excluding hydrogens is 154 g/mol. The molecule has 0 aliphatic rings. The normalized spacial score (nSPS) is 8.67. The molecule has 0 saturated heterocycles. The number of ether oxygens (including phenoxy) is 1. The lowest BCUT2D eigenvalue weighted by atomic mass is 10.3. The highest BCUT2D eigenvalue weighted by molar-refractivity contribution is 5.11. The Morgan fingerprint density at radius 2 is 2.00 bits per heavy atom. The molecule has 0 aliphatic heterocycles. The first-order chi connectivity index (χ1) is 5.74. The van der Waals surface area contributed by atoms with Crippen LogP contribution in [0.15, 0.2) is 18.3 Å². The van der Waals surface area contributed by atoms with E-state index in [1.807, 2.05) is 19.1 Å². The van der Waals surface area contributed by atoms with Crippen LogP contribution in [0, 0.1) is 6.92 Å². The summed E-state index contributed by atoms with van der Waals surface area (Å²) < 4.78 is 4.25. The highest BCUT2D eigenvalue weighted by Gasteiger charge is 1.87. The summed E-state index contributed by atoms with van der Waals surface area (Å²) in [6.07, 6.45) is 1.68. The van der Waals surface area contributed by atoms with Crippen molar-refractivity contribution in [2.75, 3.05) is 14.2 Å². The first kappa shape index (κ1) is 11.1. The zero-order valence-corrected chi connectivity index (χ0v) is 7.74. The van der Waals surface area contributed by atoms with Crippen LogP contribution in [0.1, 0.15) is 11.3 Å². The van der Waals surface area contributed by atoms with Gasteiger partial charge in [-0.15, -0.1) is 0 Å². The third-order valence-electron chi connectivity index (χ3n) is 1.16. The molecule has 1 aromatic heterocycles. The lowest BCUT2D eigenvalue weighted by molar-refractivity contribution is 0.277. The number of methoxy groups -OCH3 is 1. The topological polar surface area (TPSA) is 42.4 Å². The number of aliphatic hydroxyl groups is 1. The number of nitrogens with zero attached hydrogens (tertiary/aromatic N) is 1. The van der Waals surface area contributed by atoms with E-state index in [0.717, 1.165) is 11.3 Å². The smallest absolute Gasteiger partial charge is 0.0696 e. The SMILES string of the molecule is COC.Cc1ccc(CO)cn1. The van der Waals surface area contributed by atoms with Crippen LogP contribution in [-0.4, -0.2) is 24.3 Å². The van der Waals surface area contributed by atoms with Gasteiger partial charge in [-0.1, -0.05) is 6.07 Å². The second kappa shape index (κ2) is 6.76. The number of aryl methyl sites for hydroxylation is 1. The highest BCUT2D eigenvalue weighted by Crippen LogP contribution is 1.97. The largest absolute Gasteiger partial charge is 0.392 e. The summed E-state index contributed by atoms with van der Waals surface area (Å²) in [6.45, 7) is 1.99. The average molecular weight is 169 g/mol. The van der Waals surface area contributed by atoms with Crippen LogP contribution in [0.5, 0.6) is 0 Å². The summed E-state index contributed by atoms with van der Waals surface area (Å²) >= 11 is 0. The molecular formula is C9H15NO2. The standard InChI is InChI=1S/C7H9NO.C2H6O/c1-6-2-3-7(5-9)4-8-6;1-3-2/h2-4,9H,5H2,1H3;1-2H3. The van der Waals surface area contributed by atoms with E-state index in [2.05, 4.69) is 9.72 Å². The summed E-state index contributed by atoms with van der Waals surface area (Å²) in [4.78, 5) is 3.99. The number of rotatable bonds is 1. The minimum Gasteiger partial charge on any atom is -0.392 e. The summed E-state index contributed by atoms with van der Waals surface area (Å²) in [5.74, 6) is 0. The Bertz CT molecular complexity index is 196. The monoisotopic (exact) mass is 169 g/mol. The first-order valence-corrected chi connectivity index (χ1v) is 3.67. The van der Waals surface area contributed by atoms with Gasteiger partial charge in [0.25, 0.3) is 0 Å². The Labute approximate surface area is 73.0 Å². The van der Waals surface area contributed by atoms with Crippen LogP contribution in [0.2, 0.25) is 0 Å². The molecule has 1 aromatic rings. The van der Waals surface area contributed by atoms with Crippen molar-refractivity contribution in [2.24, 2.45) is 0 Å². The maximum absolute atomic E-state index is 8.59. The maximum atomic E-state index is 8.59. The molecule has 3 nitrogen and oxygen atoms in total. The van der Waals surface area contributed by atoms with Crippen molar-refractivity contribution < 1.29 is 9.84 Å². The molecule has 68 valence electrons. The minimum absolute atomic E-state index is 0.0767. The van der Waals surface area contributed by atoms with Crippen LogP contribution < -0.4 is 0 Å². The molecule has 0 amide bonds. The van der Waals surface area contributed by atoms with Crippen molar-refractivity contribution in [2.45, 2.75) is 13.5 Å². The second-order valence-corrected chi connectivity index (χ2v) is 2.37. The van der Waals surface area contributed by atoms with Crippen LogP contribution in [0.25, 0.3) is 0 Å². The Kier molecular flexibility index (Phi) is 6.24. The van der Waals surface area contributed by atoms with E-state index in [1.54, 1.807) is 20.4 Å². The van der Waals surface area contributed by atoms with E-state index >= 15 is 0 Å². The van der Waals surface area contributed by atoms with Crippen molar-refractivity contribution in [3.63, 3.8) is 0 Å². The molecule has 1 N–H and O–H groups in total. The zero-order valence-electron chi connectivity index (χ0n) is 7.74. The Morgan fingerprint density at radius 3 is 2.33 bits per heavy atom. The predicted molar refractivity (Wildman–Crippen MR) is 47.8 cm³/mol. The summed E-state index contributed by atoms with van der Waals surface area (Å²) in [5, 5.41) is 8.59. The van der Waals surface area contributed by atoms with Crippen molar-refractivity contribution in [1.82, 2.24) is 4.98 Å². The molecule has 0 atom stereocenters. The molecule has 1 heterocycles. The molecule has 0 fully saturated rings. The van der Waals surface area contributed by atoms with Gasteiger partial charge in [-0.3, -0.25) is 4.98 Å². The van der Waals surface area contributed by atoms with Gasteiger partial charge in [-0.05, 0) is 18.6 Å². The molecule has 3 heteroatoms. The van der Waals surface area contributed by atoms with Gasteiger partial charge in [0.1, 0.15) is 0 Å². The van der Waals surface area contributed by atoms with Crippen molar-refractivity contribution in [1.29, 1.82) is 0 Å². The van der Waals surface area contributed by atoms with Crippen LogP contribution in [-0.2, 0) is 11.3 Å². The quantitative estimate of drug-likeness (QED) is 0.685. The lowest BCUT2D eigenvalue weighted by Crippen LogP contribution is -1.85. The van der Waals surface area contributed by atoms with Gasteiger partial charge in [0.15, 0.2) is 0 Å². The number of pyridine rings is 1. The van der Waals surface area contributed by atoms with Crippen molar-refractivity contribution in [3.8, 4) is 0 Å². The number of hydrogen-bond acceptors (Lipinski definition) is 3. The van der Waals surface area contributed by atoms with Gasteiger partial charge in [0.05, 0.1) is 6.61 Å². The van der Waals surface area contributed by atoms with Gasteiger partial charge in [-0.2, -0.15) is 0 Å². The Hall–Kier alpha value is -0.930. The molecule has 0 radical (unpaired) electrons. The van der Waals surface area contributed by atoms with Gasteiger partial charge >= 0.3 is 0 Å². The third kappa shape index (κ3) is 4.82. The van der Waals surface area contributed by atoms with Gasteiger partial charge in [0, 0.05) is 26.1 Å². The number of hydrogen-bond donors (Lipinski definition) is 1. The van der Waals surface area contributed by atoms with E-state index in [4.69, 9.17) is 5.11 Å². The van der Waals surface area contributed by atoms with E-state index in [-0.39, 0.29) is 6.61 Å². The molecule has 0 aliphatic carbocycles. The number of aromatic nitrogens is 1. The summed E-state index contributed by atoms with van der Waals surface area (Å²) in [6, 6.07) is 3.74. The fourth-order valence-electron chi connectivity index (χ4n) is 0.592. The first-order valence-electron chi connectivity index (χ1n) is 3.67. The van der Waals surface area contributed by atoms with E-state index in [0.29, 0.717) is 0 Å². The molecule has 0 aromatic carbocycles. The molecule has 12 heavy (non-hydrogen) atoms. The summed E-state index contributed by atoms with van der Waals surface area (Å²) in [7, 11) is 3.25. The lowest BCUT2D eigenvalue weighted by Gasteiger charge is -1.93. The highest BCUT2D eigenvalue weighted by atomic mass is 16.4. The second-order valence-electron chi connectivity index (χ2n) is 2.37. The molecule has 0 spiro atoms. The minimum atomic E-state index is 0.0767. The number of aliphatic hydroxyl groups excluding tert-OH is 1. The fraction of sp³-hybridized carbons (Fsp3) is 0.444. The zero-order chi connectivity index (χ0) is 9.40. The maximum Gasteiger partial charge on any atom is 0.0696 e. The van der Waals surface area contributed by atoms with Crippen LogP contribution >= 0.6 is 0 Å². The van der Waals surface area contributed by atoms with E-state index < -0.39 is 0 Å². The van der Waals surface area contributed by atoms with Crippen molar-refractivity contribution >= 4 is 0 Å². The van der Waals surface area contributed by atoms with Crippen LogP contribution in [0.3, 0.4) is 0 Å². The third-order valence-corrected chi connectivity index (χ3v) is 1.16. The van der Waals surface area contributed by atoms with Gasteiger partial charge < -0.3 is 9.84 Å². The van der Waals surface area contributed by atoms with Crippen LogP contribution in [0.4, 0.5) is 0 Å². The van der Waals surface area contributed by atoms with Crippen molar-refractivity contribution in [3.05, 3.63) is 29.6 Å². The predicted octanol–water partition coefficient (Wildman–Crippen LogP) is 1.14. The molecule has 1 rings (SSSR count). The fourth-order valence-corrected chi connectivity index (χ4v) is 0.592. The molecule has 0 bridgehead atoms. The van der Waals surface area contributed by atoms with E-state index in [9.17, 15) is 0 Å². The van der Waals surface area contributed by atoms with Gasteiger partial charge in [0.2, 0.25) is 0 Å². The Balaban J connectivity index is 0.000000354. The average Bonchev–Trinajstić information content (AvgIpc) is 2.07. The molecule has 0 saturated carbocycles. The Morgan fingerprint density at radius 1 is 1.42 bits per heavy atom. The molecule has 0 unspecified atom stereocenters. The summed E-state index contributed by atoms with van der Waals surface area (Å²) in [5.41, 5.74) is 1.84.